The van der Waals surface area contributed by atoms with Crippen molar-refractivity contribution < 1.29 is 32.2 Å². The highest BCUT2D eigenvalue weighted by Gasteiger charge is 2.19. The minimum absolute atomic E-state index is 0.0838. The van der Waals surface area contributed by atoms with E-state index in [4.69, 9.17) is 25.8 Å². The number of carbonyl (C=O) groups excluding carboxylic acids is 2. The molecule has 2 aromatic carbocycles. The number of sulfone groups is 1. The molecule has 1 aliphatic rings. The Labute approximate surface area is 210 Å². The zero-order valence-corrected chi connectivity index (χ0v) is 21.2. The number of aryl methyl sites for hydroxylation is 1. The van der Waals surface area contributed by atoms with Crippen molar-refractivity contribution in [1.29, 1.82) is 0 Å². The van der Waals surface area contributed by atoms with Crippen LogP contribution < -0.4 is 14.3 Å². The third kappa shape index (κ3) is 6.03. The van der Waals surface area contributed by atoms with Crippen molar-refractivity contribution in [2.24, 2.45) is 4.99 Å². The van der Waals surface area contributed by atoms with Gasteiger partial charge in [-0.15, -0.1) is 0 Å². The van der Waals surface area contributed by atoms with E-state index in [1.54, 1.807) is 17.6 Å². The Morgan fingerprint density at radius 2 is 1.80 bits per heavy atom. The number of fused-ring (bicyclic) bond motifs is 2. The molecule has 0 saturated carbocycles. The molecule has 35 heavy (non-hydrogen) atoms. The standard InChI is InChI=1S/C23H23ClN2O7S2/c1-2-31-22(28)7-9-26-17-13-18-19(33-11-10-32-18)14-20(17)34-23(26)25-21(27)8-12-35(29,30)16-5-3-15(24)4-6-16/h3-6,13-14H,2,7-12H2,1H3. The maximum Gasteiger partial charge on any atom is 0.307 e. The van der Waals surface area contributed by atoms with Crippen LogP contribution >= 0.6 is 22.9 Å². The predicted molar refractivity (Wildman–Crippen MR) is 131 cm³/mol. The molecule has 2 heterocycles. The molecule has 1 aliphatic heterocycles. The summed E-state index contributed by atoms with van der Waals surface area (Å²) in [5, 5.41) is 0.421. The summed E-state index contributed by atoms with van der Waals surface area (Å²) in [7, 11) is -3.68. The molecule has 0 saturated heterocycles. The van der Waals surface area contributed by atoms with Gasteiger partial charge in [0.1, 0.15) is 13.2 Å². The molecule has 186 valence electrons. The minimum Gasteiger partial charge on any atom is -0.486 e. The minimum atomic E-state index is -3.68. The third-order valence-electron chi connectivity index (χ3n) is 5.17. The molecule has 1 amide bonds. The zero-order valence-electron chi connectivity index (χ0n) is 18.9. The Bertz CT molecular complexity index is 1430. The molecule has 0 radical (unpaired) electrons. The van der Waals surface area contributed by atoms with Gasteiger partial charge in [-0.05, 0) is 31.2 Å². The van der Waals surface area contributed by atoms with Crippen molar-refractivity contribution in [3.63, 3.8) is 0 Å². The fourth-order valence-corrected chi connectivity index (χ4v) is 5.93. The fourth-order valence-electron chi connectivity index (χ4n) is 3.49. The average molecular weight is 539 g/mol. The van der Waals surface area contributed by atoms with Crippen molar-refractivity contribution in [3.8, 4) is 11.5 Å². The highest BCUT2D eigenvalue weighted by atomic mass is 35.5. The van der Waals surface area contributed by atoms with Crippen LogP contribution in [0.5, 0.6) is 11.5 Å². The van der Waals surface area contributed by atoms with Gasteiger partial charge in [0.15, 0.2) is 26.1 Å². The van der Waals surface area contributed by atoms with Crippen LogP contribution in [0.15, 0.2) is 46.3 Å². The maximum absolute atomic E-state index is 12.7. The summed E-state index contributed by atoms with van der Waals surface area (Å²) in [6.45, 7) is 3.08. The van der Waals surface area contributed by atoms with E-state index in [1.165, 1.54) is 35.6 Å². The number of esters is 1. The molecule has 4 rings (SSSR count). The summed E-state index contributed by atoms with van der Waals surface area (Å²) in [6, 6.07) is 9.37. The van der Waals surface area contributed by atoms with Crippen LogP contribution in [0.3, 0.4) is 0 Å². The van der Waals surface area contributed by atoms with Gasteiger partial charge >= 0.3 is 5.97 Å². The van der Waals surface area contributed by atoms with Crippen LogP contribution in [0.1, 0.15) is 19.8 Å². The first-order valence-electron chi connectivity index (χ1n) is 10.9. The molecule has 0 aliphatic carbocycles. The van der Waals surface area contributed by atoms with Crippen molar-refractivity contribution in [2.45, 2.75) is 31.2 Å². The molecule has 0 N–H and O–H groups in total. The van der Waals surface area contributed by atoms with Gasteiger partial charge in [0.2, 0.25) is 5.91 Å². The lowest BCUT2D eigenvalue weighted by molar-refractivity contribution is -0.143. The van der Waals surface area contributed by atoms with Crippen LogP contribution in [-0.2, 0) is 30.7 Å². The number of amides is 1. The van der Waals surface area contributed by atoms with E-state index < -0.39 is 15.7 Å². The molecule has 0 fully saturated rings. The van der Waals surface area contributed by atoms with E-state index in [9.17, 15) is 18.0 Å². The van der Waals surface area contributed by atoms with Gasteiger partial charge in [-0.2, -0.15) is 4.99 Å². The highest BCUT2D eigenvalue weighted by Crippen LogP contribution is 2.35. The Morgan fingerprint density at radius 3 is 2.49 bits per heavy atom. The van der Waals surface area contributed by atoms with Crippen molar-refractivity contribution in [2.75, 3.05) is 25.6 Å². The largest absolute Gasteiger partial charge is 0.486 e. The maximum atomic E-state index is 12.7. The first kappa shape index (κ1) is 25.2. The Hall–Kier alpha value is -2.89. The molecule has 3 aromatic rings. The molecule has 9 nitrogen and oxygen atoms in total. The van der Waals surface area contributed by atoms with Crippen LogP contribution in [0.4, 0.5) is 0 Å². The molecule has 12 heteroatoms. The van der Waals surface area contributed by atoms with Crippen LogP contribution in [-0.4, -0.2) is 50.4 Å². The number of benzene rings is 2. The van der Waals surface area contributed by atoms with Crippen LogP contribution in [0.2, 0.25) is 5.02 Å². The van der Waals surface area contributed by atoms with Crippen molar-refractivity contribution >= 4 is 54.9 Å². The lowest BCUT2D eigenvalue weighted by Gasteiger charge is -2.18. The number of thiazole rings is 1. The topological polar surface area (TPSA) is 113 Å². The van der Waals surface area contributed by atoms with E-state index in [0.717, 1.165) is 10.2 Å². The SMILES string of the molecule is CCOC(=O)CCn1c(=NC(=O)CCS(=O)(=O)c2ccc(Cl)cc2)sc2cc3c(cc21)OCCO3. The van der Waals surface area contributed by atoms with Gasteiger partial charge < -0.3 is 18.8 Å². The number of aromatic nitrogens is 1. The summed E-state index contributed by atoms with van der Waals surface area (Å²) in [5.41, 5.74) is 0.726. The van der Waals surface area contributed by atoms with Gasteiger partial charge in [-0.3, -0.25) is 9.59 Å². The molecule has 0 bridgehead atoms. The molecule has 0 unspecified atom stereocenters. The van der Waals surface area contributed by atoms with E-state index in [-0.39, 0.29) is 42.6 Å². The average Bonchev–Trinajstić information content (AvgIpc) is 3.16. The summed E-state index contributed by atoms with van der Waals surface area (Å²) >= 11 is 7.07. The number of halogens is 1. The normalized spacial score (nSPS) is 13.7. The molecule has 0 spiro atoms. The number of ether oxygens (including phenoxy) is 3. The van der Waals surface area contributed by atoms with Crippen LogP contribution in [0, 0.1) is 0 Å². The fraction of sp³-hybridized carbons (Fsp3) is 0.348. The van der Waals surface area contributed by atoms with Gasteiger partial charge in [-0.25, -0.2) is 8.42 Å². The number of hydrogen-bond donors (Lipinski definition) is 0. The van der Waals surface area contributed by atoms with Gasteiger partial charge in [0.05, 0.1) is 33.9 Å². The molecular formula is C23H23ClN2O7S2. The quantitative estimate of drug-likeness (QED) is 0.404. The predicted octanol–water partition coefficient (Wildman–Crippen LogP) is 3.37. The van der Waals surface area contributed by atoms with Gasteiger partial charge in [0.25, 0.3) is 0 Å². The summed E-state index contributed by atoms with van der Waals surface area (Å²) in [5.74, 6) is -0.187. The first-order valence-corrected chi connectivity index (χ1v) is 13.8. The summed E-state index contributed by atoms with van der Waals surface area (Å²) in [4.78, 5) is 29.2. The third-order valence-corrected chi connectivity index (χ3v) is 8.19. The van der Waals surface area contributed by atoms with E-state index in [2.05, 4.69) is 4.99 Å². The molecular weight excluding hydrogens is 516 g/mol. The van der Waals surface area contributed by atoms with E-state index >= 15 is 0 Å². The second-order valence-electron chi connectivity index (χ2n) is 7.58. The molecule has 0 atom stereocenters. The van der Waals surface area contributed by atoms with Gasteiger partial charge in [0, 0.05) is 30.1 Å². The van der Waals surface area contributed by atoms with Crippen molar-refractivity contribution in [1.82, 2.24) is 4.57 Å². The number of nitrogens with zero attached hydrogens (tertiary/aromatic N) is 2. The monoisotopic (exact) mass is 538 g/mol. The smallest absolute Gasteiger partial charge is 0.307 e. The lowest BCUT2D eigenvalue weighted by atomic mass is 10.2. The second-order valence-corrected chi connectivity index (χ2v) is 11.1. The molecule has 1 aromatic heterocycles. The van der Waals surface area contributed by atoms with E-state index in [0.29, 0.717) is 34.5 Å². The number of rotatable bonds is 8. The first-order chi connectivity index (χ1) is 16.8. The van der Waals surface area contributed by atoms with Crippen LogP contribution in [0.25, 0.3) is 10.2 Å². The zero-order chi connectivity index (χ0) is 25.0. The highest BCUT2D eigenvalue weighted by molar-refractivity contribution is 7.91. The summed E-state index contributed by atoms with van der Waals surface area (Å²) < 4.78 is 44.0. The number of carbonyl (C=O) groups is 2. The van der Waals surface area contributed by atoms with Gasteiger partial charge in [-0.1, -0.05) is 22.9 Å². The Morgan fingerprint density at radius 1 is 1.11 bits per heavy atom. The summed E-state index contributed by atoms with van der Waals surface area (Å²) in [6.07, 6.45) is -0.208. The Kier molecular flexibility index (Phi) is 7.78. The van der Waals surface area contributed by atoms with E-state index in [1.807, 2.05) is 6.07 Å². The lowest BCUT2D eigenvalue weighted by Crippen LogP contribution is -2.20. The Balaban J connectivity index is 1.62. The number of hydrogen-bond acceptors (Lipinski definition) is 8. The second kappa shape index (κ2) is 10.8. The van der Waals surface area contributed by atoms with Crippen molar-refractivity contribution in [3.05, 3.63) is 46.2 Å².